The maximum Gasteiger partial charge on any atom is 0.238 e. The van der Waals surface area contributed by atoms with E-state index >= 15 is 0 Å². The van der Waals surface area contributed by atoms with E-state index in [-0.39, 0.29) is 17.2 Å². The second-order valence-corrected chi connectivity index (χ2v) is 9.48. The number of piperidine rings is 1. The van der Waals surface area contributed by atoms with Gasteiger partial charge in [0, 0.05) is 25.3 Å². The van der Waals surface area contributed by atoms with E-state index in [9.17, 15) is 13.2 Å². The van der Waals surface area contributed by atoms with Crippen molar-refractivity contribution in [1.82, 2.24) is 9.21 Å². The van der Waals surface area contributed by atoms with Gasteiger partial charge >= 0.3 is 0 Å². The van der Waals surface area contributed by atoms with Crippen LogP contribution >= 0.6 is 0 Å². The van der Waals surface area contributed by atoms with Gasteiger partial charge < -0.3 is 5.32 Å². The molecule has 0 radical (unpaired) electrons. The zero-order chi connectivity index (χ0) is 18.0. The number of rotatable bonds is 6. The van der Waals surface area contributed by atoms with E-state index in [0.717, 1.165) is 43.5 Å². The highest BCUT2D eigenvalue weighted by atomic mass is 32.2. The largest absolute Gasteiger partial charge is 0.325 e. The lowest BCUT2D eigenvalue weighted by atomic mass is 10.1. The van der Waals surface area contributed by atoms with Crippen LogP contribution in [-0.2, 0) is 14.8 Å². The molecule has 1 N–H and O–H groups in total. The number of anilines is 1. The van der Waals surface area contributed by atoms with Gasteiger partial charge in [0.1, 0.15) is 0 Å². The van der Waals surface area contributed by atoms with E-state index in [1.54, 1.807) is 11.4 Å². The lowest BCUT2D eigenvalue weighted by Gasteiger charge is -2.36. The topological polar surface area (TPSA) is 69.7 Å². The average Bonchev–Trinajstić information content (AvgIpc) is 3.39. The summed E-state index contributed by atoms with van der Waals surface area (Å²) in [6.07, 6.45) is 3.33. The van der Waals surface area contributed by atoms with E-state index in [4.69, 9.17) is 0 Å². The van der Waals surface area contributed by atoms with E-state index in [0.29, 0.717) is 13.1 Å². The molecule has 1 aromatic rings. The molecule has 1 unspecified atom stereocenters. The van der Waals surface area contributed by atoms with Crippen molar-refractivity contribution in [3.63, 3.8) is 0 Å². The summed E-state index contributed by atoms with van der Waals surface area (Å²) in [6, 6.07) is 7.68. The van der Waals surface area contributed by atoms with E-state index < -0.39 is 10.0 Å². The van der Waals surface area contributed by atoms with Crippen LogP contribution in [0, 0.1) is 6.92 Å². The normalized spacial score (nSPS) is 22.1. The Bertz CT molecular complexity index is 731. The first kappa shape index (κ1) is 18.4. The van der Waals surface area contributed by atoms with Crippen LogP contribution in [-0.4, -0.2) is 61.5 Å². The van der Waals surface area contributed by atoms with Crippen LogP contribution in [0.2, 0.25) is 0 Å². The lowest BCUT2D eigenvalue weighted by molar-refractivity contribution is -0.117. The summed E-state index contributed by atoms with van der Waals surface area (Å²) < 4.78 is 26.4. The number of benzene rings is 1. The Morgan fingerprint density at radius 2 is 2.08 bits per heavy atom. The lowest BCUT2D eigenvalue weighted by Crippen LogP contribution is -2.50. The summed E-state index contributed by atoms with van der Waals surface area (Å²) >= 11 is 0. The Hall–Kier alpha value is -1.44. The molecule has 1 saturated heterocycles. The van der Waals surface area contributed by atoms with Crippen molar-refractivity contribution in [2.45, 2.75) is 43.9 Å². The van der Waals surface area contributed by atoms with Gasteiger partial charge in [-0.05, 0) is 56.8 Å². The van der Waals surface area contributed by atoms with Crippen LogP contribution in [0.5, 0.6) is 0 Å². The molecule has 1 heterocycles. The molecule has 138 valence electrons. The fraction of sp³-hybridized carbons (Fsp3) is 0.611. The molecule has 0 aromatic heterocycles. The predicted molar refractivity (Wildman–Crippen MR) is 99.0 cm³/mol. The number of carbonyl (C=O) groups is 1. The smallest absolute Gasteiger partial charge is 0.238 e. The summed E-state index contributed by atoms with van der Waals surface area (Å²) in [7, 11) is -1.48. The van der Waals surface area contributed by atoms with Gasteiger partial charge in [0.2, 0.25) is 15.9 Å². The number of hydrogen-bond acceptors (Lipinski definition) is 4. The molecule has 1 aliphatic heterocycles. The first-order valence-corrected chi connectivity index (χ1v) is 10.4. The molecule has 1 saturated carbocycles. The molecule has 3 rings (SSSR count). The first-order valence-electron chi connectivity index (χ1n) is 8.92. The van der Waals surface area contributed by atoms with Gasteiger partial charge in [-0.1, -0.05) is 12.1 Å². The molecule has 0 bridgehead atoms. The van der Waals surface area contributed by atoms with Gasteiger partial charge in [0.25, 0.3) is 0 Å². The maximum atomic E-state index is 12.4. The van der Waals surface area contributed by atoms with Crippen molar-refractivity contribution in [2.75, 3.05) is 32.0 Å². The fourth-order valence-electron chi connectivity index (χ4n) is 3.41. The molecular weight excluding hydrogens is 338 g/mol. The molecule has 25 heavy (non-hydrogen) atoms. The number of nitrogens with one attached hydrogen (secondary N) is 1. The molecule has 6 nitrogen and oxygen atoms in total. The van der Waals surface area contributed by atoms with Crippen molar-refractivity contribution in [1.29, 1.82) is 0 Å². The van der Waals surface area contributed by atoms with Crippen LogP contribution in [0.25, 0.3) is 0 Å². The van der Waals surface area contributed by atoms with E-state index in [2.05, 4.69) is 10.2 Å². The van der Waals surface area contributed by atoms with Crippen molar-refractivity contribution in [2.24, 2.45) is 0 Å². The van der Waals surface area contributed by atoms with Crippen LogP contribution < -0.4 is 5.32 Å². The molecule has 1 amide bonds. The quantitative estimate of drug-likeness (QED) is 0.835. The molecule has 1 atom stereocenters. The minimum Gasteiger partial charge on any atom is -0.325 e. The Labute approximate surface area is 150 Å². The highest BCUT2D eigenvalue weighted by Gasteiger charge is 2.41. The zero-order valence-corrected chi connectivity index (χ0v) is 15.8. The van der Waals surface area contributed by atoms with Crippen molar-refractivity contribution in [3.05, 3.63) is 29.8 Å². The van der Waals surface area contributed by atoms with Crippen LogP contribution in [0.4, 0.5) is 5.69 Å². The summed E-state index contributed by atoms with van der Waals surface area (Å²) in [6.45, 7) is 3.72. The second kappa shape index (κ2) is 7.43. The van der Waals surface area contributed by atoms with Crippen molar-refractivity contribution >= 4 is 21.6 Å². The number of aryl methyl sites for hydroxylation is 1. The third-order valence-corrected chi connectivity index (χ3v) is 7.43. The van der Waals surface area contributed by atoms with Gasteiger partial charge in [-0.2, -0.15) is 0 Å². The van der Waals surface area contributed by atoms with Crippen molar-refractivity contribution in [3.8, 4) is 0 Å². The SMILES string of the molecule is Cc1cccc(NC(=O)CN2CCCC(N(C)S(=O)(=O)C3CC3)C2)c1. The van der Waals surface area contributed by atoms with Crippen LogP contribution in [0.3, 0.4) is 0 Å². The number of amides is 1. The number of sulfonamides is 1. The summed E-state index contributed by atoms with van der Waals surface area (Å²) in [5.41, 5.74) is 1.90. The maximum absolute atomic E-state index is 12.4. The monoisotopic (exact) mass is 365 g/mol. The average molecular weight is 365 g/mol. The van der Waals surface area contributed by atoms with Crippen LogP contribution in [0.15, 0.2) is 24.3 Å². The Balaban J connectivity index is 1.55. The fourth-order valence-corrected chi connectivity index (χ4v) is 5.20. The minimum atomic E-state index is -3.16. The summed E-state index contributed by atoms with van der Waals surface area (Å²) in [5, 5.41) is 2.74. The standard InChI is InChI=1S/C18H27N3O3S/c1-14-5-3-6-15(11-14)19-18(22)13-21-10-4-7-16(12-21)20(2)25(23,24)17-8-9-17/h3,5-6,11,16-17H,4,7-10,12-13H2,1-2H3,(H,19,22). The summed E-state index contributed by atoms with van der Waals surface area (Å²) in [5.74, 6) is -0.0565. The Kier molecular flexibility index (Phi) is 5.46. The zero-order valence-electron chi connectivity index (χ0n) is 14.9. The van der Waals surface area contributed by atoms with Gasteiger partial charge in [-0.25, -0.2) is 12.7 Å². The molecule has 7 heteroatoms. The molecule has 2 aliphatic rings. The molecule has 1 aromatic carbocycles. The van der Waals surface area contributed by atoms with Crippen molar-refractivity contribution < 1.29 is 13.2 Å². The Morgan fingerprint density at radius 1 is 1.32 bits per heavy atom. The number of likely N-dealkylation sites (N-methyl/N-ethyl adjacent to an activating group) is 1. The number of nitrogens with zero attached hydrogens (tertiary/aromatic N) is 2. The second-order valence-electron chi connectivity index (χ2n) is 7.21. The van der Waals surface area contributed by atoms with Gasteiger partial charge in [0.15, 0.2) is 0 Å². The molecule has 2 fully saturated rings. The van der Waals surface area contributed by atoms with Gasteiger partial charge in [0.05, 0.1) is 11.8 Å². The van der Waals surface area contributed by atoms with E-state index in [1.807, 2.05) is 31.2 Å². The third kappa shape index (κ3) is 4.59. The first-order chi connectivity index (χ1) is 11.9. The van der Waals surface area contributed by atoms with Gasteiger partial charge in [-0.15, -0.1) is 0 Å². The third-order valence-electron chi connectivity index (χ3n) is 5.01. The Morgan fingerprint density at radius 3 is 2.76 bits per heavy atom. The number of likely N-dealkylation sites (tertiary alicyclic amines) is 1. The van der Waals surface area contributed by atoms with Gasteiger partial charge in [-0.3, -0.25) is 9.69 Å². The number of hydrogen-bond donors (Lipinski definition) is 1. The minimum absolute atomic E-state index is 0.0360. The highest BCUT2D eigenvalue weighted by molar-refractivity contribution is 7.90. The predicted octanol–water partition coefficient (Wildman–Crippen LogP) is 1.82. The molecule has 1 aliphatic carbocycles. The number of carbonyl (C=O) groups excluding carboxylic acids is 1. The summed E-state index contributed by atoms with van der Waals surface area (Å²) in [4.78, 5) is 14.4. The van der Waals surface area contributed by atoms with E-state index in [1.165, 1.54) is 0 Å². The highest BCUT2D eigenvalue weighted by Crippen LogP contribution is 2.32. The van der Waals surface area contributed by atoms with Crippen LogP contribution in [0.1, 0.15) is 31.2 Å². The molecule has 0 spiro atoms. The molecular formula is C18H27N3O3S.